The summed E-state index contributed by atoms with van der Waals surface area (Å²) in [6.45, 7) is 2.87. The van der Waals surface area contributed by atoms with Crippen molar-refractivity contribution in [2.24, 2.45) is 5.41 Å². The molecule has 2 heterocycles. The molecule has 0 spiro atoms. The molecule has 1 aliphatic heterocycles. The molecule has 0 amide bonds. The van der Waals surface area contributed by atoms with E-state index in [0.717, 1.165) is 84.7 Å². The van der Waals surface area contributed by atoms with Crippen LogP contribution in [0.4, 0.5) is 0 Å². The summed E-state index contributed by atoms with van der Waals surface area (Å²) < 4.78 is 5.40. The topological polar surface area (TPSA) is 62.7 Å². The van der Waals surface area contributed by atoms with E-state index in [1.165, 1.54) is 4.90 Å². The molecule has 1 saturated heterocycles. The molecule has 0 aliphatic carbocycles. The Morgan fingerprint density at radius 1 is 1.17 bits per heavy atom. The summed E-state index contributed by atoms with van der Waals surface area (Å²) in [5, 5.41) is 12.1. The van der Waals surface area contributed by atoms with Crippen molar-refractivity contribution >= 4 is 51.8 Å². The molecule has 3 aromatic rings. The number of hydrogen-bond acceptors (Lipinski definition) is 5. The predicted octanol–water partition coefficient (Wildman–Crippen LogP) is 7.22. The maximum atomic E-state index is 11.8. The van der Waals surface area contributed by atoms with Crippen LogP contribution in [-0.4, -0.2) is 53.5 Å². The number of aryl methyl sites for hydroxylation is 1. The van der Waals surface area contributed by atoms with Crippen LogP contribution in [-0.2, 0) is 11.2 Å². The molecule has 1 N–H and O–H groups in total. The number of methoxy groups -OCH3 is 1. The number of hydrogen-bond donors (Lipinski definition) is 1. The average molecular weight is 548 g/mol. The standard InChI is InChI=1S/C28H32Cl2N2O3S/c1-35-21-6-9-26-24(17-21)23(25(30)19-31-26)3-2-10-28(18-27(33)34)11-13-32(14-12-28)15-16-36-22-7-4-20(29)5-8-22/h4-9,17,19H,2-3,10-16,18H2,1H3,(H,33,34). The second-order valence-electron chi connectivity index (χ2n) is 9.54. The first-order valence-electron chi connectivity index (χ1n) is 12.3. The van der Waals surface area contributed by atoms with Crippen LogP contribution in [0.5, 0.6) is 5.75 Å². The lowest BCUT2D eigenvalue weighted by molar-refractivity contribution is -0.140. The summed E-state index contributed by atoms with van der Waals surface area (Å²) in [5.41, 5.74) is 1.78. The maximum Gasteiger partial charge on any atom is 0.303 e. The number of fused-ring (bicyclic) bond motifs is 1. The second kappa shape index (κ2) is 12.5. The fourth-order valence-electron chi connectivity index (χ4n) is 5.13. The van der Waals surface area contributed by atoms with E-state index >= 15 is 0 Å². The van der Waals surface area contributed by atoms with Gasteiger partial charge in [-0.05, 0) is 98.6 Å². The largest absolute Gasteiger partial charge is 0.497 e. The Labute approximate surface area is 227 Å². The number of carbonyl (C=O) groups is 1. The molecule has 0 atom stereocenters. The number of ether oxygens (including phenoxy) is 1. The van der Waals surface area contributed by atoms with Gasteiger partial charge in [0.2, 0.25) is 0 Å². The number of carboxylic acids is 1. The molecular weight excluding hydrogens is 515 g/mol. The number of aromatic nitrogens is 1. The molecule has 2 aromatic carbocycles. The van der Waals surface area contributed by atoms with Crippen LogP contribution in [0.2, 0.25) is 10.0 Å². The maximum absolute atomic E-state index is 11.8. The van der Waals surface area contributed by atoms with Gasteiger partial charge in [0.15, 0.2) is 0 Å². The van der Waals surface area contributed by atoms with Gasteiger partial charge in [-0.25, -0.2) is 0 Å². The normalized spacial score (nSPS) is 15.8. The number of benzene rings is 2. The molecule has 0 radical (unpaired) electrons. The molecule has 5 nitrogen and oxygen atoms in total. The zero-order valence-electron chi connectivity index (χ0n) is 20.5. The number of halogens is 2. The van der Waals surface area contributed by atoms with Gasteiger partial charge >= 0.3 is 5.97 Å². The SMILES string of the molecule is COc1ccc2ncc(Cl)c(CCCC3(CC(=O)O)CCN(CCSc4ccc(Cl)cc4)CC3)c2c1. The van der Waals surface area contributed by atoms with Gasteiger partial charge in [-0.2, -0.15) is 0 Å². The quantitative estimate of drug-likeness (QED) is 0.256. The van der Waals surface area contributed by atoms with E-state index in [-0.39, 0.29) is 11.8 Å². The van der Waals surface area contributed by atoms with Gasteiger partial charge in [0.25, 0.3) is 0 Å². The van der Waals surface area contributed by atoms with Crippen molar-refractivity contribution in [3.05, 3.63) is 64.3 Å². The molecule has 8 heteroatoms. The van der Waals surface area contributed by atoms with E-state index in [9.17, 15) is 9.90 Å². The van der Waals surface area contributed by atoms with Gasteiger partial charge < -0.3 is 14.7 Å². The highest BCUT2D eigenvalue weighted by Crippen LogP contribution is 2.41. The first-order chi connectivity index (χ1) is 17.4. The molecule has 0 saturated carbocycles. The summed E-state index contributed by atoms with van der Waals surface area (Å²) in [4.78, 5) is 19.9. The number of nitrogens with zero attached hydrogens (tertiary/aromatic N) is 2. The number of thioether (sulfide) groups is 1. The Balaban J connectivity index is 1.34. The van der Waals surface area contributed by atoms with Crippen LogP contribution in [0.25, 0.3) is 10.9 Å². The summed E-state index contributed by atoms with van der Waals surface area (Å²) in [7, 11) is 1.65. The minimum Gasteiger partial charge on any atom is -0.497 e. The molecular formula is C28H32Cl2N2O3S. The van der Waals surface area contributed by atoms with E-state index in [1.807, 2.05) is 42.1 Å². The third-order valence-corrected chi connectivity index (χ3v) is 8.77. The number of piperidine rings is 1. The number of pyridine rings is 1. The molecule has 1 aromatic heterocycles. The van der Waals surface area contributed by atoms with Gasteiger partial charge in [-0.3, -0.25) is 9.78 Å². The van der Waals surface area contributed by atoms with Crippen molar-refractivity contribution in [1.82, 2.24) is 9.88 Å². The van der Waals surface area contributed by atoms with Crippen molar-refractivity contribution in [3.63, 3.8) is 0 Å². The number of likely N-dealkylation sites (tertiary alicyclic amines) is 1. The summed E-state index contributed by atoms with van der Waals surface area (Å²) >= 11 is 14.3. The highest BCUT2D eigenvalue weighted by molar-refractivity contribution is 7.99. The first-order valence-corrected chi connectivity index (χ1v) is 14.1. The van der Waals surface area contributed by atoms with Crippen LogP contribution in [0.3, 0.4) is 0 Å². The Morgan fingerprint density at radius 2 is 1.92 bits per heavy atom. The Kier molecular flexibility index (Phi) is 9.40. The fraction of sp³-hybridized carbons (Fsp3) is 0.429. The molecule has 192 valence electrons. The van der Waals surface area contributed by atoms with Gasteiger partial charge in [0.05, 0.1) is 24.1 Å². The van der Waals surface area contributed by atoms with E-state index in [2.05, 4.69) is 22.0 Å². The number of aliphatic carboxylic acids is 1. The van der Waals surface area contributed by atoms with E-state index in [4.69, 9.17) is 27.9 Å². The summed E-state index contributed by atoms with van der Waals surface area (Å²) in [6.07, 6.45) is 6.28. The van der Waals surface area contributed by atoms with Gasteiger partial charge in [-0.15, -0.1) is 11.8 Å². The smallest absolute Gasteiger partial charge is 0.303 e. The lowest BCUT2D eigenvalue weighted by Gasteiger charge is -2.41. The van der Waals surface area contributed by atoms with Crippen molar-refractivity contribution in [1.29, 1.82) is 0 Å². The van der Waals surface area contributed by atoms with Crippen LogP contribution in [0.1, 0.15) is 37.7 Å². The van der Waals surface area contributed by atoms with E-state index in [0.29, 0.717) is 5.02 Å². The van der Waals surface area contributed by atoms with Crippen LogP contribution in [0, 0.1) is 5.41 Å². The highest BCUT2D eigenvalue weighted by atomic mass is 35.5. The molecule has 1 fully saturated rings. The average Bonchev–Trinajstić information content (AvgIpc) is 2.87. The highest BCUT2D eigenvalue weighted by Gasteiger charge is 2.36. The van der Waals surface area contributed by atoms with Crippen molar-refractivity contribution in [2.45, 2.75) is 43.4 Å². The van der Waals surface area contributed by atoms with E-state index in [1.54, 1.807) is 13.3 Å². The molecule has 4 rings (SSSR count). The lowest BCUT2D eigenvalue weighted by Crippen LogP contribution is -2.42. The Hall–Kier alpha value is -1.99. The van der Waals surface area contributed by atoms with Crippen LogP contribution >= 0.6 is 35.0 Å². The predicted molar refractivity (Wildman–Crippen MR) is 149 cm³/mol. The van der Waals surface area contributed by atoms with Crippen molar-refractivity contribution in [2.75, 3.05) is 32.5 Å². The number of rotatable bonds is 11. The molecule has 36 heavy (non-hydrogen) atoms. The van der Waals surface area contributed by atoms with Gasteiger partial charge in [-0.1, -0.05) is 23.2 Å². The van der Waals surface area contributed by atoms with Crippen LogP contribution < -0.4 is 4.74 Å². The molecule has 1 aliphatic rings. The third-order valence-electron chi connectivity index (χ3n) is 7.20. The van der Waals surface area contributed by atoms with Gasteiger partial charge in [0.1, 0.15) is 5.75 Å². The minimum atomic E-state index is -0.709. The van der Waals surface area contributed by atoms with E-state index < -0.39 is 5.97 Å². The van der Waals surface area contributed by atoms with Crippen molar-refractivity contribution < 1.29 is 14.6 Å². The zero-order valence-corrected chi connectivity index (χ0v) is 22.8. The second-order valence-corrected chi connectivity index (χ2v) is 11.5. The fourth-order valence-corrected chi connectivity index (χ4v) is 6.42. The summed E-state index contributed by atoms with van der Waals surface area (Å²) in [6, 6.07) is 13.8. The van der Waals surface area contributed by atoms with Gasteiger partial charge in [0, 0.05) is 33.8 Å². The monoisotopic (exact) mass is 546 g/mol. The first kappa shape index (κ1) is 27.1. The Bertz CT molecular complexity index is 1180. The third kappa shape index (κ3) is 7.06. The summed E-state index contributed by atoms with van der Waals surface area (Å²) in [5.74, 6) is 1.07. The molecule has 0 bridgehead atoms. The van der Waals surface area contributed by atoms with Crippen LogP contribution in [0.15, 0.2) is 53.6 Å². The molecule has 0 unspecified atom stereocenters. The minimum absolute atomic E-state index is 0.168. The van der Waals surface area contributed by atoms with Crippen molar-refractivity contribution in [3.8, 4) is 5.75 Å². The number of carboxylic acid groups (broad SMARTS) is 1. The zero-order chi connectivity index (χ0) is 25.5. The Morgan fingerprint density at radius 3 is 2.61 bits per heavy atom. The lowest BCUT2D eigenvalue weighted by atomic mass is 9.72.